The molecule has 0 spiro atoms. The molecule has 2 aliphatic heterocycles. The Kier molecular flexibility index (Phi) is 8.68. The number of aryl methyl sites for hydroxylation is 1. The molecule has 1 saturated heterocycles. The highest BCUT2D eigenvalue weighted by Crippen LogP contribution is 2.45. The lowest BCUT2D eigenvalue weighted by atomic mass is 9.94. The molecule has 43 heavy (non-hydrogen) atoms. The van der Waals surface area contributed by atoms with Gasteiger partial charge in [0.15, 0.2) is 5.13 Å². The van der Waals surface area contributed by atoms with E-state index in [0.717, 1.165) is 29.1 Å². The summed E-state index contributed by atoms with van der Waals surface area (Å²) in [4.78, 5) is 46.0. The van der Waals surface area contributed by atoms with Gasteiger partial charge in [-0.3, -0.25) is 14.5 Å². The van der Waals surface area contributed by atoms with E-state index in [4.69, 9.17) is 14.2 Å². The van der Waals surface area contributed by atoms with Gasteiger partial charge in [-0.05, 0) is 67.6 Å². The van der Waals surface area contributed by atoms with Crippen molar-refractivity contribution in [2.75, 3.05) is 18.1 Å². The van der Waals surface area contributed by atoms with Crippen LogP contribution in [0.4, 0.5) is 5.13 Å². The summed E-state index contributed by atoms with van der Waals surface area (Å²) in [5, 5.41) is 11.8. The molecule has 10 heteroatoms. The number of hydrogen-bond donors (Lipinski definition) is 1. The summed E-state index contributed by atoms with van der Waals surface area (Å²) in [7, 11) is 0. The first-order valence-electron chi connectivity index (χ1n) is 14.2. The molecule has 2 aromatic carbocycles. The molecule has 1 amide bonds. The molecular weight excluding hydrogens is 568 g/mol. The molecule has 2 unspecified atom stereocenters. The second-order valence-corrected chi connectivity index (χ2v) is 12.0. The number of carbonyl (C=O) groups excluding carboxylic acids is 3. The lowest BCUT2D eigenvalue weighted by Crippen LogP contribution is -2.29. The van der Waals surface area contributed by atoms with Crippen molar-refractivity contribution in [3.05, 3.63) is 88.0 Å². The summed E-state index contributed by atoms with van der Waals surface area (Å²) in [5.74, 6) is -0.894. The summed E-state index contributed by atoms with van der Waals surface area (Å²) in [6, 6.07) is 11.3. The van der Waals surface area contributed by atoms with E-state index in [0.29, 0.717) is 41.5 Å². The van der Waals surface area contributed by atoms with Gasteiger partial charge < -0.3 is 19.3 Å². The van der Waals surface area contributed by atoms with E-state index < -0.39 is 23.7 Å². The number of ether oxygens (including phenoxy) is 3. The number of aromatic nitrogens is 1. The van der Waals surface area contributed by atoms with Crippen LogP contribution in [-0.2, 0) is 20.7 Å². The zero-order valence-electron chi connectivity index (χ0n) is 24.6. The van der Waals surface area contributed by atoms with Crippen LogP contribution in [0.25, 0.3) is 5.76 Å². The first kappa shape index (κ1) is 30.0. The second kappa shape index (κ2) is 12.4. The van der Waals surface area contributed by atoms with Crippen LogP contribution < -0.4 is 14.4 Å². The number of aliphatic hydroxyl groups is 1. The van der Waals surface area contributed by atoms with Crippen LogP contribution in [0.2, 0.25) is 0 Å². The Morgan fingerprint density at radius 3 is 2.79 bits per heavy atom. The molecule has 2 aliphatic rings. The predicted molar refractivity (Wildman–Crippen MR) is 164 cm³/mol. The fourth-order valence-electron chi connectivity index (χ4n) is 5.13. The van der Waals surface area contributed by atoms with Crippen molar-refractivity contribution in [1.29, 1.82) is 0 Å². The average molecular weight is 603 g/mol. The third-order valence-corrected chi connectivity index (χ3v) is 8.40. The van der Waals surface area contributed by atoms with E-state index >= 15 is 0 Å². The number of hydrogen-bond acceptors (Lipinski definition) is 9. The number of anilines is 1. The summed E-state index contributed by atoms with van der Waals surface area (Å²) < 4.78 is 17.0. The van der Waals surface area contributed by atoms with Gasteiger partial charge in [-0.15, -0.1) is 0 Å². The fourth-order valence-corrected chi connectivity index (χ4v) is 6.12. The molecule has 224 valence electrons. The normalized spacial score (nSPS) is 19.0. The first-order valence-corrected chi connectivity index (χ1v) is 15.0. The number of aliphatic hydroxyl groups excluding tert-OH is 1. The van der Waals surface area contributed by atoms with Gasteiger partial charge >= 0.3 is 11.9 Å². The van der Waals surface area contributed by atoms with Gasteiger partial charge in [0.2, 0.25) is 0 Å². The molecule has 0 radical (unpaired) electrons. The van der Waals surface area contributed by atoms with Crippen LogP contribution in [0.5, 0.6) is 11.5 Å². The van der Waals surface area contributed by atoms with Crippen molar-refractivity contribution in [1.82, 2.24) is 4.98 Å². The predicted octanol–water partition coefficient (Wildman–Crippen LogP) is 6.17. The molecule has 1 fully saturated rings. The standard InChI is InChI=1S/C33H34N2O7S/c1-6-13-41-32(39)30-20(5)34-33(43-30)35-27(21-8-7-9-24(17-21)40-14-12-18(2)3)26(29(37)31(35)38)28(36)22-10-11-25-23(16-22)15-19(4)42-25/h6-11,16-19,27,36H,1,12-15H2,2-5H3/b28-26-. The Hall–Kier alpha value is -4.44. The largest absolute Gasteiger partial charge is 0.507 e. The number of fused-ring (bicyclic) bond motifs is 1. The first-order chi connectivity index (χ1) is 20.6. The smallest absolute Gasteiger partial charge is 0.350 e. The number of amides is 1. The van der Waals surface area contributed by atoms with Gasteiger partial charge in [0.25, 0.3) is 5.78 Å². The van der Waals surface area contributed by atoms with Crippen molar-refractivity contribution in [2.24, 2.45) is 5.92 Å². The molecule has 5 rings (SSSR count). The Balaban J connectivity index is 1.62. The van der Waals surface area contributed by atoms with E-state index in [1.54, 1.807) is 49.4 Å². The highest BCUT2D eigenvalue weighted by Gasteiger charge is 2.48. The molecule has 0 bridgehead atoms. The Labute approximate surface area is 254 Å². The maximum absolute atomic E-state index is 13.7. The quantitative estimate of drug-likeness (QED) is 0.0964. The van der Waals surface area contributed by atoms with Crippen molar-refractivity contribution in [3.63, 3.8) is 0 Å². The van der Waals surface area contributed by atoms with Gasteiger partial charge in [0, 0.05) is 12.0 Å². The minimum Gasteiger partial charge on any atom is -0.507 e. The van der Waals surface area contributed by atoms with Crippen molar-refractivity contribution < 1.29 is 33.7 Å². The maximum Gasteiger partial charge on any atom is 0.350 e. The second-order valence-electron chi connectivity index (χ2n) is 11.0. The van der Waals surface area contributed by atoms with E-state index in [1.807, 2.05) is 6.92 Å². The van der Waals surface area contributed by atoms with E-state index in [9.17, 15) is 19.5 Å². The van der Waals surface area contributed by atoms with E-state index in [2.05, 4.69) is 25.4 Å². The third kappa shape index (κ3) is 6.06. The summed E-state index contributed by atoms with van der Waals surface area (Å²) >= 11 is 0.948. The SMILES string of the molecule is C=CCOC(=O)c1sc(N2C(=O)C(=O)/C(=C(\O)c3ccc4c(c3)CC(C)O4)C2c2cccc(OCCC(C)C)c2)nc1C. The maximum atomic E-state index is 13.7. The molecule has 9 nitrogen and oxygen atoms in total. The topological polar surface area (TPSA) is 115 Å². The van der Waals surface area contributed by atoms with E-state index in [-0.39, 0.29) is 34.1 Å². The number of esters is 1. The van der Waals surface area contributed by atoms with Crippen LogP contribution in [-0.4, -0.2) is 47.1 Å². The lowest BCUT2D eigenvalue weighted by Gasteiger charge is -2.23. The number of benzene rings is 2. The molecule has 2 atom stereocenters. The fraction of sp³-hybridized carbons (Fsp3) is 0.333. The summed E-state index contributed by atoms with van der Waals surface area (Å²) in [5.41, 5.74) is 2.12. The van der Waals surface area contributed by atoms with Gasteiger partial charge in [0.1, 0.15) is 34.8 Å². The number of Topliss-reactive ketones (excluding diaryl/α,β-unsaturated/α-hetero) is 1. The Morgan fingerprint density at radius 1 is 1.26 bits per heavy atom. The monoisotopic (exact) mass is 602 g/mol. The van der Waals surface area contributed by atoms with Gasteiger partial charge in [-0.2, -0.15) is 0 Å². The van der Waals surface area contributed by atoms with Gasteiger partial charge in [-0.1, -0.05) is 50.0 Å². The highest BCUT2D eigenvalue weighted by molar-refractivity contribution is 7.17. The lowest BCUT2D eigenvalue weighted by molar-refractivity contribution is -0.132. The van der Waals surface area contributed by atoms with Crippen LogP contribution in [0, 0.1) is 12.8 Å². The van der Waals surface area contributed by atoms with E-state index in [1.165, 1.54) is 11.0 Å². The van der Waals surface area contributed by atoms with Crippen molar-refractivity contribution in [3.8, 4) is 11.5 Å². The minimum atomic E-state index is -1.03. The molecule has 3 heterocycles. The zero-order chi connectivity index (χ0) is 30.8. The number of thiazole rings is 1. The van der Waals surface area contributed by atoms with Crippen molar-refractivity contribution in [2.45, 2.75) is 52.7 Å². The third-order valence-electron chi connectivity index (χ3n) is 7.26. The van der Waals surface area contributed by atoms with Crippen LogP contribution in [0.1, 0.15) is 65.3 Å². The number of nitrogens with zero attached hydrogens (tertiary/aromatic N) is 2. The van der Waals surface area contributed by atoms with Crippen LogP contribution >= 0.6 is 11.3 Å². The average Bonchev–Trinajstić information content (AvgIpc) is 3.62. The number of carbonyl (C=O) groups is 3. The molecule has 1 aromatic heterocycles. The Bertz CT molecular complexity index is 1620. The zero-order valence-corrected chi connectivity index (χ0v) is 25.4. The van der Waals surface area contributed by atoms with Crippen molar-refractivity contribution >= 4 is 39.9 Å². The molecule has 0 saturated carbocycles. The minimum absolute atomic E-state index is 0.00285. The molecular formula is C33H34N2O7S. The highest BCUT2D eigenvalue weighted by atomic mass is 32.1. The molecule has 1 N–H and O–H groups in total. The van der Waals surface area contributed by atoms with Gasteiger partial charge in [-0.25, -0.2) is 9.78 Å². The van der Waals surface area contributed by atoms with Gasteiger partial charge in [0.05, 0.1) is 23.9 Å². The van der Waals surface area contributed by atoms with Crippen LogP contribution in [0.15, 0.2) is 60.7 Å². The van der Waals surface area contributed by atoms with Crippen LogP contribution in [0.3, 0.4) is 0 Å². The molecule has 3 aromatic rings. The summed E-state index contributed by atoms with van der Waals surface area (Å²) in [6.07, 6.45) is 2.96. The summed E-state index contributed by atoms with van der Waals surface area (Å²) in [6.45, 7) is 11.9. The Morgan fingerprint density at radius 2 is 2.05 bits per heavy atom. The molecule has 0 aliphatic carbocycles. The number of rotatable bonds is 10. The number of ketones is 1.